The molecule has 78 valence electrons. The van der Waals surface area contributed by atoms with Crippen LogP contribution in [0.5, 0.6) is 0 Å². The lowest BCUT2D eigenvalue weighted by atomic mass is 10.4. The van der Waals surface area contributed by atoms with Crippen molar-refractivity contribution in [3.63, 3.8) is 0 Å². The van der Waals surface area contributed by atoms with Crippen molar-refractivity contribution in [1.29, 1.82) is 0 Å². The predicted molar refractivity (Wildman–Crippen MR) is 47.6 cm³/mol. The summed E-state index contributed by atoms with van der Waals surface area (Å²) >= 11 is 0.777. The molecule has 1 unspecified atom stereocenters. The van der Waals surface area contributed by atoms with Gasteiger partial charge in [0.15, 0.2) is 0 Å². The van der Waals surface area contributed by atoms with Gasteiger partial charge in [0.1, 0.15) is 12.7 Å². The van der Waals surface area contributed by atoms with E-state index in [0.29, 0.717) is 0 Å². The predicted octanol–water partition coefficient (Wildman–Crippen LogP) is 0.912. The standard InChI is InChI=1S/C6H9F2IO4/c1-4(10)12-2-5(11)3-13-6(7,8)9/h5,11H,2-3H2,1H3. The van der Waals surface area contributed by atoms with E-state index in [4.69, 9.17) is 5.11 Å². The number of ether oxygens (including phenoxy) is 2. The molecule has 7 heteroatoms. The van der Waals surface area contributed by atoms with Gasteiger partial charge >= 0.3 is 10.1 Å². The summed E-state index contributed by atoms with van der Waals surface area (Å²) in [5, 5.41) is 8.92. The lowest BCUT2D eigenvalue weighted by Gasteiger charge is -2.13. The molecule has 1 atom stereocenters. The molecule has 0 spiro atoms. The summed E-state index contributed by atoms with van der Waals surface area (Å²) in [7, 11) is 0. The number of aliphatic hydroxyl groups is 1. The molecule has 0 amide bonds. The zero-order valence-corrected chi connectivity index (χ0v) is 8.95. The van der Waals surface area contributed by atoms with Crippen LogP contribution in [-0.2, 0) is 14.3 Å². The molecule has 0 rings (SSSR count). The molecule has 1 N–H and O–H groups in total. The third-order valence-corrected chi connectivity index (χ3v) is 1.23. The second kappa shape index (κ2) is 5.66. The van der Waals surface area contributed by atoms with Crippen LogP contribution < -0.4 is 0 Å². The fourth-order valence-corrected chi connectivity index (χ4v) is 0.632. The van der Waals surface area contributed by atoms with Gasteiger partial charge in [-0.25, -0.2) is 0 Å². The third-order valence-electron chi connectivity index (χ3n) is 0.918. The van der Waals surface area contributed by atoms with E-state index in [1.807, 2.05) is 0 Å². The van der Waals surface area contributed by atoms with Crippen LogP contribution in [0.25, 0.3) is 0 Å². The maximum Gasteiger partial charge on any atom is 0.407 e. The van der Waals surface area contributed by atoms with Crippen molar-refractivity contribution in [3.8, 4) is 0 Å². The van der Waals surface area contributed by atoms with Crippen molar-refractivity contribution in [1.82, 2.24) is 0 Å². The van der Waals surface area contributed by atoms with E-state index in [9.17, 15) is 13.6 Å². The lowest BCUT2D eigenvalue weighted by Crippen LogP contribution is -2.26. The molecule has 0 bridgehead atoms. The van der Waals surface area contributed by atoms with Gasteiger partial charge in [0.05, 0.1) is 6.61 Å². The fraction of sp³-hybridized carbons (Fsp3) is 0.833. The van der Waals surface area contributed by atoms with Gasteiger partial charge in [-0.3, -0.25) is 4.79 Å². The highest BCUT2D eigenvalue weighted by Crippen LogP contribution is 2.23. The molecule has 0 aromatic heterocycles. The van der Waals surface area contributed by atoms with Crippen LogP contribution in [-0.4, -0.2) is 34.5 Å². The van der Waals surface area contributed by atoms with Gasteiger partial charge in [-0.05, 0) is 0 Å². The monoisotopic (exact) mass is 310 g/mol. The zero-order chi connectivity index (χ0) is 10.5. The van der Waals surface area contributed by atoms with Crippen LogP contribution in [0.1, 0.15) is 6.92 Å². The molecule has 0 saturated heterocycles. The molecule has 0 radical (unpaired) electrons. The quantitative estimate of drug-likeness (QED) is 0.466. The van der Waals surface area contributed by atoms with Crippen molar-refractivity contribution < 1.29 is 28.2 Å². The Bertz CT molecular complexity index is 171. The molecule has 0 aromatic carbocycles. The van der Waals surface area contributed by atoms with Crippen molar-refractivity contribution in [2.75, 3.05) is 13.2 Å². The van der Waals surface area contributed by atoms with Gasteiger partial charge in [-0.2, -0.15) is 8.78 Å². The number of carbonyl (C=O) groups excluding carboxylic acids is 1. The average molecular weight is 310 g/mol. The second-order valence-corrected chi connectivity index (χ2v) is 3.47. The summed E-state index contributed by atoms with van der Waals surface area (Å²) in [6.07, 6.45) is -1.23. The highest BCUT2D eigenvalue weighted by Gasteiger charge is 2.25. The number of aliphatic hydroxyl groups excluding tert-OH is 1. The van der Waals surface area contributed by atoms with E-state index in [1.54, 1.807) is 0 Å². The molecule has 0 aliphatic heterocycles. The van der Waals surface area contributed by atoms with Gasteiger partial charge in [-0.1, -0.05) is 0 Å². The second-order valence-electron chi connectivity index (χ2n) is 2.21. The highest BCUT2D eigenvalue weighted by atomic mass is 127. The molecular formula is C6H9F2IO4. The molecule has 0 fully saturated rings. The number of alkyl halides is 3. The maximum absolute atomic E-state index is 12.0. The first-order valence-electron chi connectivity index (χ1n) is 3.33. The number of esters is 1. The summed E-state index contributed by atoms with van der Waals surface area (Å²) in [5.41, 5.74) is 0. The van der Waals surface area contributed by atoms with E-state index >= 15 is 0 Å². The van der Waals surface area contributed by atoms with Crippen molar-refractivity contribution in [3.05, 3.63) is 0 Å². The minimum absolute atomic E-state index is 0.345. The van der Waals surface area contributed by atoms with Crippen molar-refractivity contribution in [2.45, 2.75) is 17.1 Å². The Labute approximate surface area is 87.3 Å². The van der Waals surface area contributed by atoms with E-state index < -0.39 is 22.8 Å². The lowest BCUT2D eigenvalue weighted by molar-refractivity contribution is -0.171. The van der Waals surface area contributed by atoms with E-state index in [1.165, 1.54) is 0 Å². The minimum atomic E-state index is -3.31. The largest absolute Gasteiger partial charge is 0.463 e. The number of hydrogen-bond acceptors (Lipinski definition) is 4. The summed E-state index contributed by atoms with van der Waals surface area (Å²) < 4.78 is 29.0. The topological polar surface area (TPSA) is 55.8 Å². The first-order chi connectivity index (χ1) is 5.81. The fourth-order valence-electron chi connectivity index (χ4n) is 0.452. The van der Waals surface area contributed by atoms with Crippen LogP contribution in [0.2, 0.25) is 0 Å². The molecule has 4 nitrogen and oxygen atoms in total. The molecule has 0 aliphatic carbocycles. The first-order valence-corrected chi connectivity index (χ1v) is 4.41. The normalized spacial score (nSPS) is 13.9. The van der Waals surface area contributed by atoms with Crippen LogP contribution in [0.4, 0.5) is 8.78 Å². The number of hydrogen-bond donors (Lipinski definition) is 1. The Kier molecular flexibility index (Phi) is 5.65. The van der Waals surface area contributed by atoms with E-state index in [0.717, 1.165) is 29.5 Å². The smallest absolute Gasteiger partial charge is 0.407 e. The van der Waals surface area contributed by atoms with Gasteiger partial charge in [0.25, 0.3) is 0 Å². The van der Waals surface area contributed by atoms with E-state index in [-0.39, 0.29) is 6.61 Å². The Hall–Kier alpha value is -0.0200. The Morgan fingerprint density at radius 1 is 1.62 bits per heavy atom. The Balaban J connectivity index is 3.52. The SMILES string of the molecule is CC(=O)OCC(O)COC(F)(F)I. The summed E-state index contributed by atoms with van der Waals surface area (Å²) in [4.78, 5) is 10.2. The van der Waals surface area contributed by atoms with E-state index in [2.05, 4.69) is 9.47 Å². The minimum Gasteiger partial charge on any atom is -0.463 e. The molecule has 0 aromatic rings. The first kappa shape index (κ1) is 13.0. The van der Waals surface area contributed by atoms with Gasteiger partial charge in [0.2, 0.25) is 0 Å². The number of rotatable bonds is 5. The van der Waals surface area contributed by atoms with Crippen molar-refractivity contribution in [2.24, 2.45) is 0 Å². The molecule has 0 heterocycles. The third kappa shape index (κ3) is 9.90. The summed E-state index contributed by atoms with van der Waals surface area (Å²) in [6, 6.07) is 0. The van der Waals surface area contributed by atoms with Gasteiger partial charge in [-0.15, -0.1) is 0 Å². The number of carbonyl (C=O) groups is 1. The molecule has 0 saturated carbocycles. The number of halogens is 3. The Morgan fingerprint density at radius 2 is 2.15 bits per heavy atom. The van der Waals surface area contributed by atoms with Crippen molar-refractivity contribution >= 4 is 28.6 Å². The molecule has 13 heavy (non-hydrogen) atoms. The summed E-state index contributed by atoms with van der Waals surface area (Å²) in [5.74, 6) is -0.583. The van der Waals surface area contributed by atoms with Crippen LogP contribution in [0.15, 0.2) is 0 Å². The van der Waals surface area contributed by atoms with Crippen LogP contribution in [0, 0.1) is 0 Å². The molecule has 0 aliphatic rings. The van der Waals surface area contributed by atoms with Gasteiger partial charge < -0.3 is 14.6 Å². The van der Waals surface area contributed by atoms with Crippen LogP contribution in [0.3, 0.4) is 0 Å². The van der Waals surface area contributed by atoms with Crippen LogP contribution >= 0.6 is 22.6 Å². The highest BCUT2D eigenvalue weighted by molar-refractivity contribution is 14.1. The summed E-state index contributed by atoms with van der Waals surface area (Å²) in [6.45, 7) is 0.228. The van der Waals surface area contributed by atoms with Gasteiger partial charge in [0, 0.05) is 29.5 Å². The average Bonchev–Trinajstić information content (AvgIpc) is 1.95. The zero-order valence-electron chi connectivity index (χ0n) is 6.80. The Morgan fingerprint density at radius 3 is 2.54 bits per heavy atom. The maximum atomic E-state index is 12.0. The molecular weight excluding hydrogens is 301 g/mol.